The summed E-state index contributed by atoms with van der Waals surface area (Å²) in [5, 5.41) is 12.2. The second-order valence-corrected chi connectivity index (χ2v) is 4.98. The topological polar surface area (TPSA) is 52.6 Å². The molecule has 1 aromatic rings. The van der Waals surface area contributed by atoms with Crippen molar-refractivity contribution in [2.75, 3.05) is 19.7 Å². The van der Waals surface area contributed by atoms with Crippen LogP contribution < -0.4 is 5.32 Å². The van der Waals surface area contributed by atoms with Crippen LogP contribution in [0.5, 0.6) is 0 Å². The molecule has 1 unspecified atom stereocenters. The highest BCUT2D eigenvalue weighted by Gasteiger charge is 2.26. The molecule has 1 atom stereocenters. The molecule has 1 amide bonds. The summed E-state index contributed by atoms with van der Waals surface area (Å²) in [4.78, 5) is 14.2. The molecular weight excluding hydrogens is 240 g/mol. The van der Waals surface area contributed by atoms with Crippen LogP contribution in [0.25, 0.3) is 0 Å². The molecule has 2 rings (SSSR count). The van der Waals surface area contributed by atoms with Gasteiger partial charge in [0.05, 0.1) is 12.6 Å². The Morgan fingerprint density at radius 2 is 2.05 bits per heavy atom. The molecule has 0 aromatic heterocycles. The van der Waals surface area contributed by atoms with Gasteiger partial charge in [0.2, 0.25) is 5.91 Å². The van der Waals surface area contributed by atoms with Crippen molar-refractivity contribution in [1.82, 2.24) is 10.2 Å². The summed E-state index contributed by atoms with van der Waals surface area (Å²) < 4.78 is 0. The number of amides is 1. The second kappa shape index (κ2) is 7.26. The molecule has 104 valence electrons. The number of benzene rings is 1. The Morgan fingerprint density at radius 1 is 1.26 bits per heavy atom. The van der Waals surface area contributed by atoms with E-state index in [1.165, 1.54) is 5.56 Å². The molecule has 1 saturated heterocycles. The van der Waals surface area contributed by atoms with Crippen LogP contribution in [0.15, 0.2) is 30.3 Å². The zero-order valence-corrected chi connectivity index (χ0v) is 11.2. The summed E-state index contributed by atoms with van der Waals surface area (Å²) in [5.41, 5.74) is 1.17. The van der Waals surface area contributed by atoms with Crippen molar-refractivity contribution in [2.24, 2.45) is 0 Å². The van der Waals surface area contributed by atoms with E-state index in [-0.39, 0.29) is 18.6 Å². The molecule has 0 aliphatic carbocycles. The Hall–Kier alpha value is -1.39. The van der Waals surface area contributed by atoms with Crippen LogP contribution >= 0.6 is 0 Å². The van der Waals surface area contributed by atoms with E-state index >= 15 is 0 Å². The van der Waals surface area contributed by atoms with Gasteiger partial charge >= 0.3 is 0 Å². The van der Waals surface area contributed by atoms with Crippen molar-refractivity contribution >= 4 is 5.91 Å². The van der Waals surface area contributed by atoms with E-state index in [4.69, 9.17) is 0 Å². The standard InChI is InChI=1S/C15H22N2O2/c18-11-10-17(12-13-6-2-1-3-7-13)14-8-4-5-9-16-15(14)19/h1-3,6-7,14,18H,4-5,8-12H2,(H,16,19). The minimum Gasteiger partial charge on any atom is -0.395 e. The predicted molar refractivity (Wildman–Crippen MR) is 74.6 cm³/mol. The number of hydrogen-bond donors (Lipinski definition) is 2. The van der Waals surface area contributed by atoms with Gasteiger partial charge in [0, 0.05) is 19.6 Å². The maximum Gasteiger partial charge on any atom is 0.237 e. The first-order valence-electron chi connectivity index (χ1n) is 6.98. The van der Waals surface area contributed by atoms with Gasteiger partial charge in [-0.2, -0.15) is 0 Å². The van der Waals surface area contributed by atoms with Crippen molar-refractivity contribution in [3.05, 3.63) is 35.9 Å². The Morgan fingerprint density at radius 3 is 2.79 bits per heavy atom. The molecule has 1 aromatic carbocycles. The zero-order valence-electron chi connectivity index (χ0n) is 11.2. The third-order valence-electron chi connectivity index (χ3n) is 3.56. The molecule has 0 spiro atoms. The number of carbonyl (C=O) groups is 1. The average molecular weight is 262 g/mol. The number of nitrogens with zero attached hydrogens (tertiary/aromatic N) is 1. The molecule has 1 aliphatic rings. The van der Waals surface area contributed by atoms with E-state index in [0.29, 0.717) is 13.1 Å². The Kier molecular flexibility index (Phi) is 5.36. The predicted octanol–water partition coefficient (Wildman–Crippen LogP) is 1.15. The molecule has 1 heterocycles. The molecule has 1 fully saturated rings. The summed E-state index contributed by atoms with van der Waals surface area (Å²) in [6.07, 6.45) is 2.97. The molecule has 4 heteroatoms. The fraction of sp³-hybridized carbons (Fsp3) is 0.533. The van der Waals surface area contributed by atoms with E-state index in [1.807, 2.05) is 18.2 Å². The van der Waals surface area contributed by atoms with E-state index in [1.54, 1.807) is 0 Å². The summed E-state index contributed by atoms with van der Waals surface area (Å²) in [7, 11) is 0. The Balaban J connectivity index is 2.07. The first-order chi connectivity index (χ1) is 9.31. The van der Waals surface area contributed by atoms with E-state index in [2.05, 4.69) is 22.3 Å². The Labute approximate surface area is 114 Å². The lowest BCUT2D eigenvalue weighted by atomic mass is 10.1. The first kappa shape index (κ1) is 14.0. The minimum atomic E-state index is -0.116. The maximum atomic E-state index is 12.1. The van der Waals surface area contributed by atoms with Crippen LogP contribution in [0.3, 0.4) is 0 Å². The van der Waals surface area contributed by atoms with Crippen molar-refractivity contribution in [3.63, 3.8) is 0 Å². The highest BCUT2D eigenvalue weighted by molar-refractivity contribution is 5.81. The molecule has 1 aliphatic heterocycles. The van der Waals surface area contributed by atoms with Gasteiger partial charge in [-0.3, -0.25) is 9.69 Å². The van der Waals surface area contributed by atoms with Crippen LogP contribution in [0.1, 0.15) is 24.8 Å². The number of rotatable bonds is 5. The third-order valence-corrected chi connectivity index (χ3v) is 3.56. The SMILES string of the molecule is O=C1NCCCCC1N(CCO)Cc1ccccc1. The summed E-state index contributed by atoms with van der Waals surface area (Å²) in [6, 6.07) is 9.98. The lowest BCUT2D eigenvalue weighted by molar-refractivity contribution is -0.126. The van der Waals surface area contributed by atoms with Gasteiger partial charge in [-0.05, 0) is 24.8 Å². The summed E-state index contributed by atoms with van der Waals surface area (Å²) in [6.45, 7) is 2.09. The highest BCUT2D eigenvalue weighted by Crippen LogP contribution is 2.15. The summed E-state index contributed by atoms with van der Waals surface area (Å²) in [5.74, 6) is 0.0990. The number of aliphatic hydroxyl groups excluding tert-OH is 1. The fourth-order valence-electron chi connectivity index (χ4n) is 2.56. The van der Waals surface area contributed by atoms with E-state index in [0.717, 1.165) is 25.8 Å². The number of hydrogen-bond acceptors (Lipinski definition) is 3. The third kappa shape index (κ3) is 4.04. The number of nitrogens with one attached hydrogen (secondary N) is 1. The van der Waals surface area contributed by atoms with Gasteiger partial charge in [0.1, 0.15) is 0 Å². The van der Waals surface area contributed by atoms with Crippen molar-refractivity contribution in [3.8, 4) is 0 Å². The van der Waals surface area contributed by atoms with Crippen molar-refractivity contribution < 1.29 is 9.90 Å². The Bertz CT molecular complexity index is 394. The minimum absolute atomic E-state index is 0.0800. The molecule has 4 nitrogen and oxygen atoms in total. The van der Waals surface area contributed by atoms with Crippen LogP contribution in [-0.2, 0) is 11.3 Å². The van der Waals surface area contributed by atoms with Gasteiger partial charge in [-0.1, -0.05) is 30.3 Å². The van der Waals surface area contributed by atoms with Gasteiger partial charge in [0.15, 0.2) is 0 Å². The molecule has 0 saturated carbocycles. The van der Waals surface area contributed by atoms with Crippen LogP contribution in [0.2, 0.25) is 0 Å². The molecule has 2 N–H and O–H groups in total. The van der Waals surface area contributed by atoms with Crippen molar-refractivity contribution in [1.29, 1.82) is 0 Å². The van der Waals surface area contributed by atoms with E-state index < -0.39 is 0 Å². The lowest BCUT2D eigenvalue weighted by Gasteiger charge is -2.29. The molecule has 0 bridgehead atoms. The zero-order chi connectivity index (χ0) is 13.5. The largest absolute Gasteiger partial charge is 0.395 e. The van der Waals surface area contributed by atoms with E-state index in [9.17, 15) is 9.90 Å². The number of aliphatic hydroxyl groups is 1. The van der Waals surface area contributed by atoms with Gasteiger partial charge in [-0.25, -0.2) is 0 Å². The summed E-state index contributed by atoms with van der Waals surface area (Å²) >= 11 is 0. The van der Waals surface area contributed by atoms with Crippen LogP contribution in [0, 0.1) is 0 Å². The number of carbonyl (C=O) groups excluding carboxylic acids is 1. The fourth-order valence-corrected chi connectivity index (χ4v) is 2.56. The van der Waals surface area contributed by atoms with Gasteiger partial charge in [0.25, 0.3) is 0 Å². The normalized spacial score (nSPS) is 20.1. The monoisotopic (exact) mass is 262 g/mol. The van der Waals surface area contributed by atoms with Crippen LogP contribution in [0.4, 0.5) is 0 Å². The van der Waals surface area contributed by atoms with Gasteiger partial charge in [-0.15, -0.1) is 0 Å². The average Bonchev–Trinajstić information content (AvgIpc) is 2.64. The van der Waals surface area contributed by atoms with Crippen LogP contribution in [-0.4, -0.2) is 41.7 Å². The smallest absolute Gasteiger partial charge is 0.237 e. The maximum absolute atomic E-state index is 12.1. The lowest BCUT2D eigenvalue weighted by Crippen LogP contribution is -2.46. The molecular formula is C15H22N2O2. The van der Waals surface area contributed by atoms with Crippen molar-refractivity contribution in [2.45, 2.75) is 31.8 Å². The second-order valence-electron chi connectivity index (χ2n) is 4.98. The quantitative estimate of drug-likeness (QED) is 0.837. The molecule has 19 heavy (non-hydrogen) atoms. The van der Waals surface area contributed by atoms with Gasteiger partial charge < -0.3 is 10.4 Å². The first-order valence-corrected chi connectivity index (χ1v) is 6.98. The molecule has 0 radical (unpaired) electrons. The highest BCUT2D eigenvalue weighted by atomic mass is 16.3.